The molecule has 0 spiro atoms. The fourth-order valence-corrected chi connectivity index (χ4v) is 3.29. The molecule has 3 aromatic carbocycles. The van der Waals surface area contributed by atoms with Crippen molar-refractivity contribution in [2.45, 2.75) is 6.61 Å². The number of fused-ring (bicyclic) bond motifs is 1. The minimum absolute atomic E-state index is 0.132. The second-order valence-corrected chi connectivity index (χ2v) is 6.36. The van der Waals surface area contributed by atoms with Gasteiger partial charge in [0.1, 0.15) is 23.9 Å². The molecule has 0 aromatic heterocycles. The Bertz CT molecular complexity index is 1000. The zero-order valence-electron chi connectivity index (χ0n) is 16.6. The van der Waals surface area contributed by atoms with Crippen molar-refractivity contribution in [1.29, 1.82) is 0 Å². The van der Waals surface area contributed by atoms with E-state index >= 15 is 0 Å². The molecule has 0 saturated heterocycles. The summed E-state index contributed by atoms with van der Waals surface area (Å²) < 4.78 is 34.1. The molecule has 3 aromatic rings. The average molecular weight is 394 g/mol. The molecule has 1 aliphatic heterocycles. The largest absolute Gasteiger partial charge is 0.497 e. The Labute approximate surface area is 169 Å². The van der Waals surface area contributed by atoms with Crippen LogP contribution >= 0.6 is 0 Å². The third kappa shape index (κ3) is 3.61. The Morgan fingerprint density at radius 1 is 0.828 bits per heavy atom. The van der Waals surface area contributed by atoms with Gasteiger partial charge in [-0.05, 0) is 17.7 Å². The molecule has 6 nitrogen and oxygen atoms in total. The van der Waals surface area contributed by atoms with Crippen molar-refractivity contribution in [2.75, 3.05) is 28.1 Å². The molecule has 0 aliphatic carbocycles. The molecule has 1 heterocycles. The Kier molecular flexibility index (Phi) is 5.33. The van der Waals surface area contributed by atoms with Gasteiger partial charge in [-0.15, -0.1) is 0 Å². The van der Waals surface area contributed by atoms with Crippen LogP contribution in [0.3, 0.4) is 0 Å². The first kappa shape index (κ1) is 18.8. The van der Waals surface area contributed by atoms with Crippen LogP contribution in [0.5, 0.6) is 34.5 Å². The SMILES string of the molecule is COc1ccc(-c2c(OCc3ccccc3)cc3c(c2OC)OCO3)c(OC)c1. The molecule has 0 amide bonds. The molecule has 0 saturated carbocycles. The summed E-state index contributed by atoms with van der Waals surface area (Å²) in [6.07, 6.45) is 0. The normalized spacial score (nSPS) is 11.8. The molecule has 4 rings (SSSR count). The first-order chi connectivity index (χ1) is 14.2. The van der Waals surface area contributed by atoms with E-state index in [-0.39, 0.29) is 6.79 Å². The summed E-state index contributed by atoms with van der Waals surface area (Å²) in [4.78, 5) is 0. The van der Waals surface area contributed by atoms with Gasteiger partial charge < -0.3 is 28.4 Å². The predicted octanol–water partition coefficient (Wildman–Crippen LogP) is 4.69. The summed E-state index contributed by atoms with van der Waals surface area (Å²) >= 11 is 0. The fraction of sp³-hybridized carbons (Fsp3) is 0.217. The van der Waals surface area contributed by atoms with Crippen LogP contribution in [-0.2, 0) is 6.61 Å². The quantitative estimate of drug-likeness (QED) is 0.580. The summed E-state index contributed by atoms with van der Waals surface area (Å²) in [5.74, 6) is 3.60. The topological polar surface area (TPSA) is 55.4 Å². The minimum Gasteiger partial charge on any atom is -0.497 e. The van der Waals surface area contributed by atoms with Crippen LogP contribution in [0.2, 0.25) is 0 Å². The van der Waals surface area contributed by atoms with Gasteiger partial charge in [0.2, 0.25) is 12.5 Å². The van der Waals surface area contributed by atoms with E-state index in [2.05, 4.69) is 0 Å². The summed E-state index contributed by atoms with van der Waals surface area (Å²) in [7, 11) is 4.82. The number of benzene rings is 3. The number of hydrogen-bond donors (Lipinski definition) is 0. The Balaban J connectivity index is 1.85. The lowest BCUT2D eigenvalue weighted by Crippen LogP contribution is -2.01. The van der Waals surface area contributed by atoms with Crippen molar-refractivity contribution in [3.05, 3.63) is 60.2 Å². The maximum Gasteiger partial charge on any atom is 0.231 e. The highest BCUT2D eigenvalue weighted by atomic mass is 16.7. The van der Waals surface area contributed by atoms with Gasteiger partial charge in [-0.2, -0.15) is 0 Å². The van der Waals surface area contributed by atoms with Gasteiger partial charge in [0.15, 0.2) is 11.5 Å². The molecular weight excluding hydrogens is 372 g/mol. The predicted molar refractivity (Wildman–Crippen MR) is 108 cm³/mol. The summed E-state index contributed by atoms with van der Waals surface area (Å²) in [5, 5.41) is 0. The van der Waals surface area contributed by atoms with Crippen LogP contribution in [0.15, 0.2) is 54.6 Å². The van der Waals surface area contributed by atoms with E-state index < -0.39 is 0 Å². The van der Waals surface area contributed by atoms with Gasteiger partial charge in [0.05, 0.1) is 26.9 Å². The van der Waals surface area contributed by atoms with Crippen molar-refractivity contribution in [3.8, 4) is 45.6 Å². The zero-order valence-corrected chi connectivity index (χ0v) is 16.6. The number of hydrogen-bond acceptors (Lipinski definition) is 6. The Morgan fingerprint density at radius 3 is 2.38 bits per heavy atom. The van der Waals surface area contributed by atoms with E-state index in [4.69, 9.17) is 28.4 Å². The molecule has 150 valence electrons. The highest BCUT2D eigenvalue weighted by Gasteiger charge is 2.28. The smallest absolute Gasteiger partial charge is 0.231 e. The van der Waals surface area contributed by atoms with Crippen molar-refractivity contribution < 1.29 is 28.4 Å². The fourth-order valence-electron chi connectivity index (χ4n) is 3.29. The Hall–Kier alpha value is -3.54. The van der Waals surface area contributed by atoms with Crippen LogP contribution < -0.4 is 28.4 Å². The van der Waals surface area contributed by atoms with Crippen LogP contribution in [0, 0.1) is 0 Å². The second kappa shape index (κ2) is 8.22. The molecule has 0 radical (unpaired) electrons. The molecular formula is C23H22O6. The molecule has 0 atom stereocenters. The highest BCUT2D eigenvalue weighted by molar-refractivity contribution is 5.86. The summed E-state index contributed by atoms with van der Waals surface area (Å²) in [6.45, 7) is 0.530. The lowest BCUT2D eigenvalue weighted by atomic mass is 10.0. The third-order valence-electron chi connectivity index (χ3n) is 4.70. The average Bonchev–Trinajstić information content (AvgIpc) is 3.25. The van der Waals surface area contributed by atoms with E-state index in [0.717, 1.165) is 16.7 Å². The first-order valence-corrected chi connectivity index (χ1v) is 9.15. The van der Waals surface area contributed by atoms with Crippen LogP contribution in [0.1, 0.15) is 5.56 Å². The minimum atomic E-state index is 0.132. The maximum absolute atomic E-state index is 6.20. The molecule has 0 N–H and O–H groups in total. The summed E-state index contributed by atoms with van der Waals surface area (Å²) in [5.41, 5.74) is 2.58. The van der Waals surface area contributed by atoms with Gasteiger partial charge in [0, 0.05) is 17.7 Å². The first-order valence-electron chi connectivity index (χ1n) is 9.15. The van der Waals surface area contributed by atoms with E-state index in [1.807, 2.05) is 54.6 Å². The highest BCUT2D eigenvalue weighted by Crippen LogP contribution is 2.54. The lowest BCUT2D eigenvalue weighted by Gasteiger charge is -2.19. The van der Waals surface area contributed by atoms with Crippen molar-refractivity contribution >= 4 is 0 Å². The number of methoxy groups -OCH3 is 3. The lowest BCUT2D eigenvalue weighted by molar-refractivity contribution is 0.171. The molecule has 1 aliphatic rings. The van der Waals surface area contributed by atoms with Gasteiger partial charge in [0.25, 0.3) is 0 Å². The van der Waals surface area contributed by atoms with Crippen LogP contribution in [0.4, 0.5) is 0 Å². The summed E-state index contributed by atoms with van der Waals surface area (Å²) in [6, 6.07) is 17.4. The zero-order chi connectivity index (χ0) is 20.2. The molecule has 29 heavy (non-hydrogen) atoms. The molecule has 6 heteroatoms. The standard InChI is InChI=1S/C23H22O6/c1-24-16-9-10-17(18(11-16)25-2)21-19(27-13-15-7-5-4-6-8-15)12-20-22(23(21)26-3)29-14-28-20/h4-12H,13-14H2,1-3H3. The van der Waals surface area contributed by atoms with E-state index in [1.54, 1.807) is 21.3 Å². The van der Waals surface area contributed by atoms with Gasteiger partial charge >= 0.3 is 0 Å². The van der Waals surface area contributed by atoms with Gasteiger partial charge in [-0.25, -0.2) is 0 Å². The van der Waals surface area contributed by atoms with Gasteiger partial charge in [-0.3, -0.25) is 0 Å². The van der Waals surface area contributed by atoms with Crippen molar-refractivity contribution in [3.63, 3.8) is 0 Å². The molecule has 0 unspecified atom stereocenters. The Morgan fingerprint density at radius 2 is 1.66 bits per heavy atom. The monoisotopic (exact) mass is 394 g/mol. The number of rotatable bonds is 7. The molecule has 0 bridgehead atoms. The number of ether oxygens (including phenoxy) is 6. The van der Waals surface area contributed by atoms with Gasteiger partial charge in [-0.1, -0.05) is 30.3 Å². The maximum atomic E-state index is 6.20. The van der Waals surface area contributed by atoms with Crippen LogP contribution in [-0.4, -0.2) is 28.1 Å². The van der Waals surface area contributed by atoms with E-state index in [0.29, 0.717) is 41.1 Å². The van der Waals surface area contributed by atoms with Crippen LogP contribution in [0.25, 0.3) is 11.1 Å². The van der Waals surface area contributed by atoms with Crippen molar-refractivity contribution in [2.24, 2.45) is 0 Å². The van der Waals surface area contributed by atoms with Crippen molar-refractivity contribution in [1.82, 2.24) is 0 Å². The third-order valence-corrected chi connectivity index (χ3v) is 4.70. The second-order valence-electron chi connectivity index (χ2n) is 6.36. The molecule has 0 fully saturated rings. The van der Waals surface area contributed by atoms with E-state index in [9.17, 15) is 0 Å². The van der Waals surface area contributed by atoms with E-state index in [1.165, 1.54) is 0 Å².